The Balaban J connectivity index is 2.85. The van der Waals surface area contributed by atoms with Crippen molar-refractivity contribution >= 4 is 0 Å². The molecule has 0 aliphatic heterocycles. The summed E-state index contributed by atoms with van der Waals surface area (Å²) >= 11 is 0. The third-order valence-electron chi connectivity index (χ3n) is 3.95. The van der Waals surface area contributed by atoms with E-state index in [0.717, 1.165) is 33.6 Å². The summed E-state index contributed by atoms with van der Waals surface area (Å²) in [6.07, 6.45) is 0. The van der Waals surface area contributed by atoms with Crippen molar-refractivity contribution in [1.82, 2.24) is 0 Å². The lowest BCUT2D eigenvalue weighted by Gasteiger charge is -2.25. The lowest BCUT2D eigenvalue weighted by Crippen LogP contribution is -2.12. The number of hydrogen-bond donors (Lipinski definition) is 1. The highest BCUT2D eigenvalue weighted by atomic mass is 16.5. The summed E-state index contributed by atoms with van der Waals surface area (Å²) in [6, 6.07) is 10.1. The van der Waals surface area contributed by atoms with E-state index in [2.05, 4.69) is 33.8 Å². The van der Waals surface area contributed by atoms with Gasteiger partial charge in [0.1, 0.15) is 11.5 Å². The van der Waals surface area contributed by atoms with Crippen molar-refractivity contribution in [1.29, 1.82) is 0 Å². The van der Waals surface area contributed by atoms with Crippen LogP contribution >= 0.6 is 0 Å². The summed E-state index contributed by atoms with van der Waals surface area (Å²) in [7, 11) is 1.67. The van der Waals surface area contributed by atoms with Crippen LogP contribution in [-0.2, 0) is 5.41 Å². The molecule has 2 aromatic rings. The summed E-state index contributed by atoms with van der Waals surface area (Å²) < 4.78 is 5.53. The highest BCUT2D eigenvalue weighted by molar-refractivity contribution is 5.80. The number of phenols is 1. The molecule has 21 heavy (non-hydrogen) atoms. The van der Waals surface area contributed by atoms with E-state index in [1.54, 1.807) is 7.11 Å². The predicted octanol–water partition coefficient (Wildman–Crippen LogP) is 4.98. The first kappa shape index (κ1) is 15.4. The largest absolute Gasteiger partial charge is 0.507 e. The van der Waals surface area contributed by atoms with E-state index in [0.29, 0.717) is 5.75 Å². The summed E-state index contributed by atoms with van der Waals surface area (Å²) in [5.74, 6) is 1.17. The molecule has 2 rings (SSSR count). The van der Waals surface area contributed by atoms with Crippen LogP contribution in [0.5, 0.6) is 11.5 Å². The number of hydrogen-bond acceptors (Lipinski definition) is 2. The van der Waals surface area contributed by atoms with Gasteiger partial charge in [0, 0.05) is 16.7 Å². The molecule has 0 radical (unpaired) electrons. The molecule has 0 spiro atoms. The fourth-order valence-corrected chi connectivity index (χ4v) is 2.71. The average molecular weight is 284 g/mol. The van der Waals surface area contributed by atoms with E-state index >= 15 is 0 Å². The van der Waals surface area contributed by atoms with Crippen molar-refractivity contribution < 1.29 is 9.84 Å². The van der Waals surface area contributed by atoms with Crippen molar-refractivity contribution in [3.63, 3.8) is 0 Å². The Morgan fingerprint density at radius 2 is 1.67 bits per heavy atom. The molecule has 0 atom stereocenters. The Hall–Kier alpha value is -1.96. The van der Waals surface area contributed by atoms with Gasteiger partial charge in [-0.3, -0.25) is 0 Å². The first-order chi connectivity index (χ1) is 9.77. The van der Waals surface area contributed by atoms with Crippen molar-refractivity contribution in [2.24, 2.45) is 0 Å². The van der Waals surface area contributed by atoms with Crippen molar-refractivity contribution in [2.75, 3.05) is 7.11 Å². The van der Waals surface area contributed by atoms with Gasteiger partial charge in [0.05, 0.1) is 7.11 Å². The fourth-order valence-electron chi connectivity index (χ4n) is 2.71. The van der Waals surface area contributed by atoms with Crippen LogP contribution in [0.4, 0.5) is 0 Å². The molecule has 0 saturated heterocycles. The number of methoxy groups -OCH3 is 1. The topological polar surface area (TPSA) is 29.5 Å². The number of ether oxygens (including phenoxy) is 1. The van der Waals surface area contributed by atoms with Crippen LogP contribution in [0.2, 0.25) is 0 Å². The van der Waals surface area contributed by atoms with Crippen LogP contribution in [0.3, 0.4) is 0 Å². The second-order valence-electron chi connectivity index (χ2n) is 6.54. The minimum absolute atomic E-state index is 0.150. The SMILES string of the molecule is COc1cc(C(C)(C)C)c(O)c(-c2ccccc2C)c1C. The first-order valence-electron chi connectivity index (χ1n) is 7.24. The summed E-state index contributed by atoms with van der Waals surface area (Å²) in [5, 5.41) is 10.8. The molecular weight excluding hydrogens is 260 g/mol. The fraction of sp³-hybridized carbons (Fsp3) is 0.368. The van der Waals surface area contributed by atoms with Crippen molar-refractivity contribution in [3.8, 4) is 22.6 Å². The third kappa shape index (κ3) is 2.76. The number of rotatable bonds is 2. The van der Waals surface area contributed by atoms with E-state index in [4.69, 9.17) is 4.74 Å². The molecule has 0 amide bonds. The van der Waals surface area contributed by atoms with Gasteiger partial charge in [-0.15, -0.1) is 0 Å². The number of phenolic OH excluding ortho intramolecular Hbond substituents is 1. The van der Waals surface area contributed by atoms with Crippen LogP contribution < -0.4 is 4.74 Å². The van der Waals surface area contributed by atoms with E-state index in [-0.39, 0.29) is 5.41 Å². The molecule has 2 aromatic carbocycles. The van der Waals surface area contributed by atoms with Gasteiger partial charge in [-0.1, -0.05) is 45.0 Å². The van der Waals surface area contributed by atoms with Crippen LogP contribution in [0, 0.1) is 13.8 Å². The van der Waals surface area contributed by atoms with E-state index < -0.39 is 0 Å². The second-order valence-corrected chi connectivity index (χ2v) is 6.54. The molecule has 112 valence electrons. The van der Waals surface area contributed by atoms with Crippen LogP contribution in [0.25, 0.3) is 11.1 Å². The van der Waals surface area contributed by atoms with Gasteiger partial charge in [0.15, 0.2) is 0 Å². The molecule has 0 aliphatic carbocycles. The molecule has 0 bridgehead atoms. The van der Waals surface area contributed by atoms with Gasteiger partial charge >= 0.3 is 0 Å². The predicted molar refractivity (Wildman–Crippen MR) is 88.3 cm³/mol. The van der Waals surface area contributed by atoms with Gasteiger partial charge in [0.2, 0.25) is 0 Å². The van der Waals surface area contributed by atoms with Crippen LogP contribution in [0.1, 0.15) is 37.5 Å². The maximum atomic E-state index is 10.8. The Labute approximate surface area is 127 Å². The van der Waals surface area contributed by atoms with Crippen LogP contribution in [-0.4, -0.2) is 12.2 Å². The monoisotopic (exact) mass is 284 g/mol. The smallest absolute Gasteiger partial charge is 0.127 e. The lowest BCUT2D eigenvalue weighted by atomic mass is 9.82. The molecule has 1 N–H and O–H groups in total. The molecule has 2 nitrogen and oxygen atoms in total. The normalized spacial score (nSPS) is 11.5. The van der Waals surface area contributed by atoms with Crippen molar-refractivity contribution in [2.45, 2.75) is 40.0 Å². The molecular formula is C19H24O2. The molecule has 0 fully saturated rings. The molecule has 0 heterocycles. The zero-order valence-electron chi connectivity index (χ0n) is 13.7. The molecule has 2 heteroatoms. The quantitative estimate of drug-likeness (QED) is 0.842. The summed E-state index contributed by atoms with van der Waals surface area (Å²) in [6.45, 7) is 10.3. The summed E-state index contributed by atoms with van der Waals surface area (Å²) in [5.41, 5.74) is 4.79. The molecule has 0 aromatic heterocycles. The highest BCUT2D eigenvalue weighted by Crippen LogP contribution is 2.45. The highest BCUT2D eigenvalue weighted by Gasteiger charge is 2.25. The number of aryl methyl sites for hydroxylation is 1. The second kappa shape index (κ2) is 5.44. The van der Waals surface area contributed by atoms with E-state index in [1.165, 1.54) is 0 Å². The van der Waals surface area contributed by atoms with Gasteiger partial charge in [-0.2, -0.15) is 0 Å². The average Bonchev–Trinajstić information content (AvgIpc) is 2.39. The third-order valence-corrected chi connectivity index (χ3v) is 3.95. The number of benzene rings is 2. The molecule has 0 unspecified atom stereocenters. The van der Waals surface area contributed by atoms with E-state index in [1.807, 2.05) is 31.2 Å². The Morgan fingerprint density at radius 3 is 2.19 bits per heavy atom. The standard InChI is InChI=1S/C19H24O2/c1-12-9-7-8-10-14(12)17-13(2)16(21-6)11-15(18(17)20)19(3,4)5/h7-11,20H,1-6H3. The Kier molecular flexibility index (Phi) is 3.99. The van der Waals surface area contributed by atoms with Gasteiger partial charge in [-0.05, 0) is 36.5 Å². The maximum absolute atomic E-state index is 10.8. The Bertz CT molecular complexity index is 664. The van der Waals surface area contributed by atoms with E-state index in [9.17, 15) is 5.11 Å². The van der Waals surface area contributed by atoms with Gasteiger partial charge < -0.3 is 9.84 Å². The zero-order chi connectivity index (χ0) is 15.8. The molecule has 0 saturated carbocycles. The van der Waals surface area contributed by atoms with Gasteiger partial charge in [-0.25, -0.2) is 0 Å². The zero-order valence-corrected chi connectivity index (χ0v) is 13.7. The summed E-state index contributed by atoms with van der Waals surface area (Å²) in [4.78, 5) is 0. The van der Waals surface area contributed by atoms with Gasteiger partial charge in [0.25, 0.3) is 0 Å². The minimum atomic E-state index is -0.150. The molecule has 0 aliphatic rings. The minimum Gasteiger partial charge on any atom is -0.507 e. The first-order valence-corrected chi connectivity index (χ1v) is 7.24. The lowest BCUT2D eigenvalue weighted by molar-refractivity contribution is 0.403. The Morgan fingerprint density at radius 1 is 1.05 bits per heavy atom. The number of aromatic hydroxyl groups is 1. The maximum Gasteiger partial charge on any atom is 0.127 e. The van der Waals surface area contributed by atoms with Crippen LogP contribution in [0.15, 0.2) is 30.3 Å². The van der Waals surface area contributed by atoms with Crippen molar-refractivity contribution in [3.05, 3.63) is 47.0 Å².